The minimum absolute atomic E-state index is 0.445. The number of rotatable bonds is 6. The lowest BCUT2D eigenvalue weighted by molar-refractivity contribution is 0.278. The van der Waals surface area contributed by atoms with Gasteiger partial charge in [-0.05, 0) is 49.3 Å². The SMILES string of the molecule is CCCNCC1(Cc2ccccc2Cl)CCCC1. The molecule has 0 bridgehead atoms. The quantitative estimate of drug-likeness (QED) is 0.750. The topological polar surface area (TPSA) is 12.0 Å². The molecule has 1 N–H and O–H groups in total. The highest BCUT2D eigenvalue weighted by atomic mass is 35.5. The predicted octanol–water partition coefficient (Wildman–Crippen LogP) is 4.44. The van der Waals surface area contributed by atoms with E-state index in [2.05, 4.69) is 24.4 Å². The number of hydrogen-bond donors (Lipinski definition) is 1. The Kier molecular flexibility index (Phi) is 5.08. The lowest BCUT2D eigenvalue weighted by Crippen LogP contribution is -2.34. The van der Waals surface area contributed by atoms with Gasteiger partial charge in [0.15, 0.2) is 0 Å². The summed E-state index contributed by atoms with van der Waals surface area (Å²) in [7, 11) is 0. The van der Waals surface area contributed by atoms with E-state index in [4.69, 9.17) is 11.6 Å². The van der Waals surface area contributed by atoms with Crippen LogP contribution >= 0.6 is 11.6 Å². The van der Waals surface area contributed by atoms with E-state index < -0.39 is 0 Å². The van der Waals surface area contributed by atoms with Gasteiger partial charge in [-0.2, -0.15) is 0 Å². The summed E-state index contributed by atoms with van der Waals surface area (Å²) in [4.78, 5) is 0. The van der Waals surface area contributed by atoms with Crippen molar-refractivity contribution in [3.8, 4) is 0 Å². The summed E-state index contributed by atoms with van der Waals surface area (Å²) in [6, 6.07) is 8.31. The van der Waals surface area contributed by atoms with Crippen LogP contribution < -0.4 is 5.32 Å². The van der Waals surface area contributed by atoms with Crippen molar-refractivity contribution in [2.24, 2.45) is 5.41 Å². The molecule has 0 saturated heterocycles. The van der Waals surface area contributed by atoms with Gasteiger partial charge in [0, 0.05) is 11.6 Å². The number of benzene rings is 1. The van der Waals surface area contributed by atoms with Gasteiger partial charge in [-0.3, -0.25) is 0 Å². The fourth-order valence-corrected chi connectivity index (χ4v) is 3.32. The molecule has 18 heavy (non-hydrogen) atoms. The molecule has 100 valence electrons. The molecule has 1 saturated carbocycles. The molecular weight excluding hydrogens is 242 g/mol. The van der Waals surface area contributed by atoms with E-state index in [0.717, 1.165) is 24.5 Å². The van der Waals surface area contributed by atoms with Gasteiger partial charge in [0.1, 0.15) is 0 Å². The second-order valence-corrected chi connectivity index (χ2v) is 6.06. The minimum Gasteiger partial charge on any atom is -0.316 e. The molecule has 1 aliphatic rings. The Morgan fingerprint density at radius 3 is 2.61 bits per heavy atom. The lowest BCUT2D eigenvalue weighted by Gasteiger charge is -2.30. The molecule has 0 unspecified atom stereocenters. The van der Waals surface area contributed by atoms with E-state index in [-0.39, 0.29) is 0 Å². The Hall–Kier alpha value is -0.530. The van der Waals surface area contributed by atoms with Crippen LogP contribution in [0.2, 0.25) is 5.02 Å². The van der Waals surface area contributed by atoms with Crippen LogP contribution in [0.3, 0.4) is 0 Å². The average Bonchev–Trinajstić information content (AvgIpc) is 2.82. The molecule has 0 radical (unpaired) electrons. The fourth-order valence-electron chi connectivity index (χ4n) is 3.12. The molecule has 0 amide bonds. The Morgan fingerprint density at radius 1 is 1.22 bits per heavy atom. The summed E-state index contributed by atoms with van der Waals surface area (Å²) in [5.41, 5.74) is 1.76. The van der Waals surface area contributed by atoms with Gasteiger partial charge in [0.05, 0.1) is 0 Å². The lowest BCUT2D eigenvalue weighted by atomic mass is 9.80. The average molecular weight is 266 g/mol. The first-order chi connectivity index (χ1) is 8.76. The Labute approximate surface area is 116 Å². The monoisotopic (exact) mass is 265 g/mol. The van der Waals surface area contributed by atoms with E-state index in [1.54, 1.807) is 0 Å². The molecule has 2 heteroatoms. The van der Waals surface area contributed by atoms with Crippen molar-refractivity contribution in [2.45, 2.75) is 45.4 Å². The largest absolute Gasteiger partial charge is 0.316 e. The number of nitrogens with one attached hydrogen (secondary N) is 1. The van der Waals surface area contributed by atoms with Gasteiger partial charge in [-0.25, -0.2) is 0 Å². The van der Waals surface area contributed by atoms with Crippen molar-refractivity contribution in [3.05, 3.63) is 34.9 Å². The van der Waals surface area contributed by atoms with Crippen molar-refractivity contribution in [2.75, 3.05) is 13.1 Å². The normalized spacial score (nSPS) is 18.1. The summed E-state index contributed by atoms with van der Waals surface area (Å²) in [5, 5.41) is 4.54. The maximum absolute atomic E-state index is 6.31. The molecule has 0 spiro atoms. The van der Waals surface area contributed by atoms with Crippen LogP contribution in [0.25, 0.3) is 0 Å². The standard InChI is InChI=1S/C16H24ClN/c1-2-11-18-13-16(9-5-6-10-16)12-14-7-3-4-8-15(14)17/h3-4,7-8,18H,2,5-6,9-13H2,1H3. The molecule has 0 aliphatic heterocycles. The van der Waals surface area contributed by atoms with Crippen molar-refractivity contribution in [3.63, 3.8) is 0 Å². The minimum atomic E-state index is 0.445. The third-order valence-corrected chi connectivity index (χ3v) is 4.48. The van der Waals surface area contributed by atoms with Gasteiger partial charge in [-0.1, -0.05) is 49.6 Å². The van der Waals surface area contributed by atoms with Gasteiger partial charge in [0.2, 0.25) is 0 Å². The van der Waals surface area contributed by atoms with E-state index in [0.29, 0.717) is 5.41 Å². The predicted molar refractivity (Wildman–Crippen MR) is 79.2 cm³/mol. The first-order valence-electron chi connectivity index (χ1n) is 7.20. The van der Waals surface area contributed by atoms with Crippen LogP contribution in [0.15, 0.2) is 24.3 Å². The summed E-state index contributed by atoms with van der Waals surface area (Å²) in [5.74, 6) is 0. The maximum atomic E-state index is 6.31. The van der Waals surface area contributed by atoms with Gasteiger partial charge in [-0.15, -0.1) is 0 Å². The number of halogens is 1. The molecular formula is C16H24ClN. The molecule has 2 rings (SSSR count). The number of hydrogen-bond acceptors (Lipinski definition) is 1. The molecule has 1 aromatic carbocycles. The van der Waals surface area contributed by atoms with E-state index in [1.165, 1.54) is 37.7 Å². The van der Waals surface area contributed by atoms with Crippen LogP contribution in [0, 0.1) is 5.41 Å². The van der Waals surface area contributed by atoms with E-state index in [1.807, 2.05) is 12.1 Å². The fraction of sp³-hybridized carbons (Fsp3) is 0.625. The zero-order valence-corrected chi connectivity index (χ0v) is 12.1. The van der Waals surface area contributed by atoms with Gasteiger partial charge < -0.3 is 5.32 Å². The van der Waals surface area contributed by atoms with E-state index >= 15 is 0 Å². The molecule has 0 aromatic heterocycles. The zero-order valence-electron chi connectivity index (χ0n) is 11.3. The Morgan fingerprint density at radius 2 is 1.94 bits per heavy atom. The second kappa shape index (κ2) is 6.58. The molecule has 1 aromatic rings. The van der Waals surface area contributed by atoms with E-state index in [9.17, 15) is 0 Å². The summed E-state index contributed by atoms with van der Waals surface area (Å²) in [6.07, 6.45) is 7.77. The highest BCUT2D eigenvalue weighted by Gasteiger charge is 2.33. The van der Waals surface area contributed by atoms with Crippen LogP contribution in [-0.2, 0) is 6.42 Å². The first kappa shape index (κ1) is 13.9. The first-order valence-corrected chi connectivity index (χ1v) is 7.58. The highest BCUT2D eigenvalue weighted by molar-refractivity contribution is 6.31. The summed E-state index contributed by atoms with van der Waals surface area (Å²) >= 11 is 6.31. The van der Waals surface area contributed by atoms with Crippen LogP contribution in [0.1, 0.15) is 44.6 Å². The highest BCUT2D eigenvalue weighted by Crippen LogP contribution is 2.41. The maximum Gasteiger partial charge on any atom is 0.0438 e. The Balaban J connectivity index is 2.04. The zero-order chi connectivity index (χ0) is 12.8. The molecule has 1 fully saturated rings. The molecule has 0 heterocycles. The van der Waals surface area contributed by atoms with Crippen molar-refractivity contribution >= 4 is 11.6 Å². The van der Waals surface area contributed by atoms with Gasteiger partial charge in [0.25, 0.3) is 0 Å². The van der Waals surface area contributed by atoms with Crippen molar-refractivity contribution < 1.29 is 0 Å². The smallest absolute Gasteiger partial charge is 0.0438 e. The molecule has 1 nitrogen and oxygen atoms in total. The van der Waals surface area contributed by atoms with Gasteiger partial charge >= 0.3 is 0 Å². The van der Waals surface area contributed by atoms with Crippen molar-refractivity contribution in [1.29, 1.82) is 0 Å². The summed E-state index contributed by atoms with van der Waals surface area (Å²) in [6.45, 7) is 4.50. The Bertz CT molecular complexity index is 369. The van der Waals surface area contributed by atoms with Crippen LogP contribution in [0.5, 0.6) is 0 Å². The van der Waals surface area contributed by atoms with Crippen LogP contribution in [-0.4, -0.2) is 13.1 Å². The van der Waals surface area contributed by atoms with Crippen LogP contribution in [0.4, 0.5) is 0 Å². The molecule has 0 atom stereocenters. The third-order valence-electron chi connectivity index (χ3n) is 4.11. The molecule has 1 aliphatic carbocycles. The van der Waals surface area contributed by atoms with Crippen molar-refractivity contribution in [1.82, 2.24) is 5.32 Å². The third kappa shape index (κ3) is 3.49. The second-order valence-electron chi connectivity index (χ2n) is 5.65. The summed E-state index contributed by atoms with van der Waals surface area (Å²) < 4.78 is 0.